The molecule has 0 atom stereocenters. The molecule has 88 valence electrons. The van der Waals surface area contributed by atoms with Crippen LogP contribution >= 0.6 is 0 Å². The number of hydrogen-bond acceptors (Lipinski definition) is 0. The van der Waals surface area contributed by atoms with Crippen LogP contribution in [0, 0.1) is 0 Å². The van der Waals surface area contributed by atoms with Gasteiger partial charge in [-0.05, 0) is 28.3 Å². The van der Waals surface area contributed by atoms with Crippen molar-refractivity contribution in [1.82, 2.24) is 0 Å². The van der Waals surface area contributed by atoms with Gasteiger partial charge < -0.3 is 0 Å². The summed E-state index contributed by atoms with van der Waals surface area (Å²) in [5.74, 6) is 0. The van der Waals surface area contributed by atoms with Gasteiger partial charge in [-0.25, -0.2) is 0 Å². The molecule has 0 heteroatoms. The van der Waals surface area contributed by atoms with Crippen LogP contribution in [0.4, 0.5) is 0 Å². The van der Waals surface area contributed by atoms with Crippen molar-refractivity contribution in [1.29, 1.82) is 0 Å². The summed E-state index contributed by atoms with van der Waals surface area (Å²) in [4.78, 5) is 0. The van der Waals surface area contributed by atoms with Crippen molar-refractivity contribution < 1.29 is 0 Å². The van der Waals surface area contributed by atoms with Gasteiger partial charge in [-0.2, -0.15) is 0 Å². The van der Waals surface area contributed by atoms with E-state index in [0.717, 1.165) is 11.1 Å². The monoisotopic (exact) mass is 232 g/mol. The van der Waals surface area contributed by atoms with Crippen molar-refractivity contribution in [2.45, 2.75) is 0 Å². The fourth-order valence-corrected chi connectivity index (χ4v) is 1.80. The van der Waals surface area contributed by atoms with Gasteiger partial charge in [0.25, 0.3) is 0 Å². The van der Waals surface area contributed by atoms with Gasteiger partial charge in [0.2, 0.25) is 0 Å². The molecule has 0 heterocycles. The third-order valence-corrected chi connectivity index (χ3v) is 2.82. The summed E-state index contributed by atoms with van der Waals surface area (Å²) in [5.41, 5.74) is 4.65. The molecule has 2 rings (SSSR count). The molecule has 0 saturated heterocycles. The van der Waals surface area contributed by atoms with Crippen LogP contribution in [0.5, 0.6) is 0 Å². The molecule has 18 heavy (non-hydrogen) atoms. The Bertz CT molecular complexity index is 547. The molecule has 0 radical (unpaired) electrons. The van der Waals surface area contributed by atoms with Crippen molar-refractivity contribution in [2.24, 2.45) is 0 Å². The van der Waals surface area contributed by atoms with Crippen molar-refractivity contribution in [2.75, 3.05) is 0 Å². The molecule has 0 fully saturated rings. The average Bonchev–Trinajstić information content (AvgIpc) is 2.46. The normalized spacial score (nSPS) is 9.56. The molecular weight excluding hydrogens is 216 g/mol. The van der Waals surface area contributed by atoms with Crippen molar-refractivity contribution in [3.8, 4) is 11.1 Å². The molecule has 0 unspecified atom stereocenters. The first-order valence-corrected chi connectivity index (χ1v) is 5.95. The van der Waals surface area contributed by atoms with Crippen molar-refractivity contribution in [3.05, 3.63) is 91.0 Å². The number of benzene rings is 2. The van der Waals surface area contributed by atoms with E-state index < -0.39 is 0 Å². The third-order valence-electron chi connectivity index (χ3n) is 2.82. The molecule has 0 saturated carbocycles. The second-order valence-electron chi connectivity index (χ2n) is 4.04. The lowest BCUT2D eigenvalue weighted by Gasteiger charge is -2.02. The lowest BCUT2D eigenvalue weighted by Crippen LogP contribution is -1.79. The smallest absolute Gasteiger partial charge is 0.0184 e. The molecule has 0 aromatic heterocycles. The summed E-state index contributed by atoms with van der Waals surface area (Å²) >= 11 is 0. The maximum absolute atomic E-state index is 3.75. The average molecular weight is 232 g/mol. The highest BCUT2D eigenvalue weighted by Crippen LogP contribution is 2.20. The third kappa shape index (κ3) is 2.86. The Labute approximate surface area is 109 Å². The Hall–Kier alpha value is -2.34. The largest absolute Gasteiger partial charge is 0.0985 e. The van der Waals surface area contributed by atoms with E-state index >= 15 is 0 Å². The Kier molecular flexibility index (Phi) is 3.93. The molecule has 0 aliphatic rings. The van der Waals surface area contributed by atoms with Gasteiger partial charge in [-0.1, -0.05) is 79.9 Å². The van der Waals surface area contributed by atoms with E-state index in [9.17, 15) is 0 Å². The van der Waals surface area contributed by atoms with Gasteiger partial charge >= 0.3 is 0 Å². The van der Waals surface area contributed by atoms with Crippen LogP contribution in [-0.2, 0) is 0 Å². The fraction of sp³-hybridized carbons (Fsp3) is 0. The van der Waals surface area contributed by atoms with Gasteiger partial charge in [0, 0.05) is 0 Å². The first-order valence-electron chi connectivity index (χ1n) is 5.95. The van der Waals surface area contributed by atoms with Crippen molar-refractivity contribution >= 4 is 6.08 Å². The predicted molar refractivity (Wildman–Crippen MR) is 80.2 cm³/mol. The first kappa shape index (κ1) is 12.1. The van der Waals surface area contributed by atoms with Gasteiger partial charge in [-0.15, -0.1) is 0 Å². The van der Waals surface area contributed by atoms with Crippen LogP contribution in [0.2, 0.25) is 0 Å². The molecule has 2 aromatic carbocycles. The van der Waals surface area contributed by atoms with Gasteiger partial charge in [0.1, 0.15) is 0 Å². The number of rotatable bonds is 4. The van der Waals surface area contributed by atoms with Crippen LogP contribution in [-0.4, -0.2) is 0 Å². The minimum Gasteiger partial charge on any atom is -0.0985 e. The lowest BCUT2D eigenvalue weighted by molar-refractivity contribution is 1.59. The van der Waals surface area contributed by atoms with E-state index in [1.54, 1.807) is 12.2 Å². The lowest BCUT2D eigenvalue weighted by atomic mass is 10.0. The second kappa shape index (κ2) is 5.83. The molecular formula is C18H16. The minimum absolute atomic E-state index is 1.03. The molecule has 0 N–H and O–H groups in total. The van der Waals surface area contributed by atoms with E-state index in [1.165, 1.54) is 11.1 Å². The van der Waals surface area contributed by atoms with E-state index in [0.29, 0.717) is 0 Å². The number of hydrogen-bond donors (Lipinski definition) is 0. The highest BCUT2D eigenvalue weighted by atomic mass is 14.0. The summed E-state index contributed by atoms with van der Waals surface area (Å²) in [6, 6.07) is 18.8. The molecule has 0 spiro atoms. The SMILES string of the molecule is C=CC(C=C)=Cc1ccc(-c2ccccc2)cc1. The van der Waals surface area contributed by atoms with Crippen LogP contribution in [0.15, 0.2) is 85.5 Å². The standard InChI is InChI=1S/C18H16/c1-3-15(4-2)14-16-10-12-18(13-11-16)17-8-6-5-7-9-17/h3-14H,1-2H2. The van der Waals surface area contributed by atoms with Crippen LogP contribution in [0.25, 0.3) is 17.2 Å². The first-order chi connectivity index (χ1) is 8.83. The van der Waals surface area contributed by atoms with Gasteiger partial charge in [0.15, 0.2) is 0 Å². The molecule has 2 aromatic rings. The quantitative estimate of drug-likeness (QED) is 0.643. The molecule has 0 nitrogen and oxygen atoms in total. The zero-order valence-corrected chi connectivity index (χ0v) is 10.3. The second-order valence-corrected chi connectivity index (χ2v) is 4.04. The van der Waals surface area contributed by atoms with E-state index in [4.69, 9.17) is 0 Å². The van der Waals surface area contributed by atoms with E-state index in [1.807, 2.05) is 6.07 Å². The fourth-order valence-electron chi connectivity index (χ4n) is 1.80. The summed E-state index contributed by atoms with van der Waals surface area (Å²) in [6.45, 7) is 7.51. The van der Waals surface area contributed by atoms with E-state index in [2.05, 4.69) is 67.8 Å². The summed E-state index contributed by atoms with van der Waals surface area (Å²) in [7, 11) is 0. The minimum atomic E-state index is 1.03. The van der Waals surface area contributed by atoms with E-state index in [-0.39, 0.29) is 0 Å². The molecule has 0 aliphatic heterocycles. The summed E-state index contributed by atoms with van der Waals surface area (Å²) in [5, 5.41) is 0. The highest BCUT2D eigenvalue weighted by molar-refractivity contribution is 5.67. The number of allylic oxidation sites excluding steroid dienone is 3. The van der Waals surface area contributed by atoms with Crippen molar-refractivity contribution in [3.63, 3.8) is 0 Å². The van der Waals surface area contributed by atoms with Gasteiger partial charge in [-0.3, -0.25) is 0 Å². The maximum atomic E-state index is 3.75. The summed E-state index contributed by atoms with van der Waals surface area (Å²) < 4.78 is 0. The topological polar surface area (TPSA) is 0 Å². The molecule has 0 amide bonds. The Morgan fingerprint density at radius 2 is 1.28 bits per heavy atom. The predicted octanol–water partition coefficient (Wildman–Crippen LogP) is 5.11. The van der Waals surface area contributed by atoms with Crippen LogP contribution in [0.3, 0.4) is 0 Å². The van der Waals surface area contributed by atoms with Gasteiger partial charge in [0.05, 0.1) is 0 Å². The highest BCUT2D eigenvalue weighted by Gasteiger charge is 1.96. The summed E-state index contributed by atoms with van der Waals surface area (Å²) in [6.07, 6.45) is 5.67. The van der Waals surface area contributed by atoms with Crippen LogP contribution < -0.4 is 0 Å². The zero-order valence-electron chi connectivity index (χ0n) is 10.3. The van der Waals surface area contributed by atoms with Crippen LogP contribution in [0.1, 0.15) is 5.56 Å². The molecule has 0 bridgehead atoms. The Balaban J connectivity index is 2.28. The maximum Gasteiger partial charge on any atom is -0.0184 e. The zero-order chi connectivity index (χ0) is 12.8. The molecule has 0 aliphatic carbocycles. The Morgan fingerprint density at radius 1 is 0.722 bits per heavy atom. The Morgan fingerprint density at radius 3 is 1.83 bits per heavy atom.